The number of carbonyl (C=O) groups excluding carboxylic acids is 1. The first-order valence-corrected chi connectivity index (χ1v) is 8.78. The molecular formula is C21H28N2O3. The Morgan fingerprint density at radius 1 is 1.15 bits per heavy atom. The Hall–Kier alpha value is -2.53. The molecule has 26 heavy (non-hydrogen) atoms. The maximum Gasteiger partial charge on any atom is 0.345 e. The highest BCUT2D eigenvalue weighted by Gasteiger charge is 2.17. The number of likely N-dealkylation sites (N-methyl/N-ethyl adjacent to an activating group) is 1. The first-order valence-electron chi connectivity index (χ1n) is 8.78. The quantitative estimate of drug-likeness (QED) is 0.464. The number of para-hydroxylation sites is 1. The molecule has 2 aromatic rings. The van der Waals surface area contributed by atoms with Crippen molar-refractivity contribution < 1.29 is 14.3 Å². The van der Waals surface area contributed by atoms with E-state index in [2.05, 4.69) is 18.7 Å². The molecular weight excluding hydrogens is 328 g/mol. The Kier molecular flexibility index (Phi) is 6.64. The van der Waals surface area contributed by atoms with Crippen LogP contribution >= 0.6 is 0 Å². The van der Waals surface area contributed by atoms with Gasteiger partial charge in [0, 0.05) is 17.8 Å². The van der Waals surface area contributed by atoms with Crippen molar-refractivity contribution in [1.29, 1.82) is 0 Å². The van der Waals surface area contributed by atoms with Crippen LogP contribution in [0.1, 0.15) is 41.3 Å². The van der Waals surface area contributed by atoms with E-state index in [1.54, 1.807) is 24.3 Å². The Balaban J connectivity index is 2.25. The zero-order valence-corrected chi connectivity index (χ0v) is 16.2. The zero-order chi connectivity index (χ0) is 19.3. The van der Waals surface area contributed by atoms with Crippen LogP contribution in [-0.4, -0.2) is 38.1 Å². The summed E-state index contributed by atoms with van der Waals surface area (Å²) in [6.07, 6.45) is 0. The SMILES string of the molecule is Cc1cc(OCCN(C)C)c(C(C)C)cc1OC(=O)c1ccccc1N. The summed E-state index contributed by atoms with van der Waals surface area (Å²) in [6.45, 7) is 7.51. The fourth-order valence-electron chi connectivity index (χ4n) is 2.54. The topological polar surface area (TPSA) is 64.8 Å². The van der Waals surface area contributed by atoms with Gasteiger partial charge in [-0.05, 0) is 56.8 Å². The zero-order valence-electron chi connectivity index (χ0n) is 16.2. The summed E-state index contributed by atoms with van der Waals surface area (Å²) in [4.78, 5) is 14.5. The van der Waals surface area contributed by atoms with Crippen molar-refractivity contribution in [3.8, 4) is 11.5 Å². The summed E-state index contributed by atoms with van der Waals surface area (Å²) < 4.78 is 11.6. The number of nitrogen functional groups attached to an aromatic ring is 1. The van der Waals surface area contributed by atoms with Crippen molar-refractivity contribution in [1.82, 2.24) is 4.90 Å². The number of carbonyl (C=O) groups is 1. The number of nitrogens with zero attached hydrogens (tertiary/aromatic N) is 1. The first kappa shape index (κ1) is 19.8. The molecule has 5 nitrogen and oxygen atoms in total. The van der Waals surface area contributed by atoms with Crippen LogP contribution < -0.4 is 15.2 Å². The number of anilines is 1. The molecule has 0 aliphatic rings. The van der Waals surface area contributed by atoms with E-state index < -0.39 is 5.97 Å². The van der Waals surface area contributed by atoms with E-state index >= 15 is 0 Å². The molecule has 5 heteroatoms. The third-order valence-electron chi connectivity index (χ3n) is 4.11. The van der Waals surface area contributed by atoms with E-state index in [0.717, 1.165) is 23.4 Å². The van der Waals surface area contributed by atoms with Crippen LogP contribution in [0.4, 0.5) is 5.69 Å². The van der Waals surface area contributed by atoms with Crippen LogP contribution in [0, 0.1) is 6.92 Å². The Bertz CT molecular complexity index is 770. The molecule has 0 aromatic heterocycles. The molecule has 0 heterocycles. The molecule has 0 aliphatic heterocycles. The van der Waals surface area contributed by atoms with Gasteiger partial charge in [0.2, 0.25) is 0 Å². The molecule has 0 aliphatic carbocycles. The van der Waals surface area contributed by atoms with Crippen molar-refractivity contribution in [2.45, 2.75) is 26.7 Å². The van der Waals surface area contributed by atoms with Gasteiger partial charge in [0.05, 0.1) is 5.56 Å². The Morgan fingerprint density at radius 2 is 1.85 bits per heavy atom. The van der Waals surface area contributed by atoms with Crippen LogP contribution in [0.25, 0.3) is 0 Å². The van der Waals surface area contributed by atoms with Gasteiger partial charge in [-0.1, -0.05) is 26.0 Å². The van der Waals surface area contributed by atoms with Crippen molar-refractivity contribution in [2.24, 2.45) is 0 Å². The third-order valence-corrected chi connectivity index (χ3v) is 4.11. The summed E-state index contributed by atoms with van der Waals surface area (Å²) in [5, 5.41) is 0. The molecule has 2 rings (SSSR count). The Morgan fingerprint density at radius 3 is 2.46 bits per heavy atom. The second-order valence-electron chi connectivity index (χ2n) is 6.94. The second kappa shape index (κ2) is 8.72. The molecule has 0 saturated carbocycles. The maximum atomic E-state index is 12.5. The standard InChI is InChI=1S/C21H28N2O3/c1-14(2)17-13-19(15(3)12-20(17)25-11-10-23(4)5)26-21(24)16-8-6-7-9-18(16)22/h6-9,12-14H,10-11,22H2,1-5H3. The van der Waals surface area contributed by atoms with Crippen molar-refractivity contribution in [3.63, 3.8) is 0 Å². The van der Waals surface area contributed by atoms with Crippen molar-refractivity contribution in [2.75, 3.05) is 33.0 Å². The van der Waals surface area contributed by atoms with E-state index in [4.69, 9.17) is 15.2 Å². The second-order valence-corrected chi connectivity index (χ2v) is 6.94. The molecule has 140 valence electrons. The van der Waals surface area contributed by atoms with Gasteiger partial charge >= 0.3 is 5.97 Å². The lowest BCUT2D eigenvalue weighted by Crippen LogP contribution is -2.20. The minimum Gasteiger partial charge on any atom is -0.492 e. The number of nitrogens with two attached hydrogens (primary N) is 1. The lowest BCUT2D eigenvalue weighted by Gasteiger charge is -2.18. The van der Waals surface area contributed by atoms with Gasteiger partial charge in [0.15, 0.2) is 0 Å². The van der Waals surface area contributed by atoms with Gasteiger partial charge in [-0.3, -0.25) is 0 Å². The van der Waals surface area contributed by atoms with Gasteiger partial charge in [-0.2, -0.15) is 0 Å². The number of hydrogen-bond donors (Lipinski definition) is 1. The molecule has 0 atom stereocenters. The Labute approximate surface area is 155 Å². The molecule has 0 saturated heterocycles. The maximum absolute atomic E-state index is 12.5. The van der Waals surface area contributed by atoms with Gasteiger partial charge < -0.3 is 20.1 Å². The van der Waals surface area contributed by atoms with Gasteiger partial charge in [-0.15, -0.1) is 0 Å². The van der Waals surface area contributed by atoms with Crippen LogP contribution in [0.15, 0.2) is 36.4 Å². The van der Waals surface area contributed by atoms with E-state index in [1.807, 2.05) is 33.2 Å². The third kappa shape index (κ3) is 4.99. The molecule has 0 amide bonds. The summed E-state index contributed by atoms with van der Waals surface area (Å²) in [5.74, 6) is 1.15. The monoisotopic (exact) mass is 356 g/mol. The minimum atomic E-state index is -0.456. The highest BCUT2D eigenvalue weighted by Crippen LogP contribution is 2.34. The van der Waals surface area contributed by atoms with E-state index in [9.17, 15) is 4.79 Å². The smallest absolute Gasteiger partial charge is 0.345 e. The van der Waals surface area contributed by atoms with E-state index in [-0.39, 0.29) is 5.92 Å². The van der Waals surface area contributed by atoms with Crippen molar-refractivity contribution in [3.05, 3.63) is 53.1 Å². The molecule has 2 aromatic carbocycles. The fourth-order valence-corrected chi connectivity index (χ4v) is 2.54. The predicted molar refractivity (Wildman–Crippen MR) is 105 cm³/mol. The average Bonchev–Trinajstić information content (AvgIpc) is 2.56. The van der Waals surface area contributed by atoms with Gasteiger partial charge in [-0.25, -0.2) is 4.79 Å². The predicted octanol–water partition coefficient (Wildman–Crippen LogP) is 3.86. The largest absolute Gasteiger partial charge is 0.492 e. The molecule has 0 radical (unpaired) electrons. The summed E-state index contributed by atoms with van der Waals surface area (Å²) >= 11 is 0. The van der Waals surface area contributed by atoms with Crippen LogP contribution in [0.3, 0.4) is 0 Å². The summed E-state index contributed by atoms with van der Waals surface area (Å²) in [7, 11) is 4.02. The number of hydrogen-bond acceptors (Lipinski definition) is 5. The number of ether oxygens (including phenoxy) is 2. The first-order chi connectivity index (χ1) is 12.3. The lowest BCUT2D eigenvalue weighted by molar-refractivity contribution is 0.0734. The number of aryl methyl sites for hydroxylation is 1. The van der Waals surface area contributed by atoms with Crippen LogP contribution in [0.2, 0.25) is 0 Å². The number of rotatable bonds is 7. The molecule has 0 bridgehead atoms. The van der Waals surface area contributed by atoms with Crippen molar-refractivity contribution >= 4 is 11.7 Å². The highest BCUT2D eigenvalue weighted by atomic mass is 16.5. The number of esters is 1. The molecule has 0 unspecified atom stereocenters. The molecule has 2 N–H and O–H groups in total. The van der Waals surface area contributed by atoms with E-state index in [1.165, 1.54) is 0 Å². The highest BCUT2D eigenvalue weighted by molar-refractivity contribution is 5.96. The summed E-state index contributed by atoms with van der Waals surface area (Å²) in [6, 6.07) is 10.7. The summed E-state index contributed by atoms with van der Waals surface area (Å²) in [5.41, 5.74) is 8.50. The van der Waals surface area contributed by atoms with Gasteiger partial charge in [0.1, 0.15) is 18.1 Å². The fraction of sp³-hybridized carbons (Fsp3) is 0.381. The molecule has 0 spiro atoms. The normalized spacial score (nSPS) is 11.0. The minimum absolute atomic E-state index is 0.240. The van der Waals surface area contributed by atoms with Gasteiger partial charge in [0.25, 0.3) is 0 Å². The average molecular weight is 356 g/mol. The van der Waals surface area contributed by atoms with Crippen LogP contribution in [-0.2, 0) is 0 Å². The lowest BCUT2D eigenvalue weighted by atomic mass is 9.99. The molecule has 0 fully saturated rings. The number of benzene rings is 2. The van der Waals surface area contributed by atoms with E-state index in [0.29, 0.717) is 23.6 Å². The van der Waals surface area contributed by atoms with Crippen LogP contribution in [0.5, 0.6) is 11.5 Å².